The van der Waals surface area contributed by atoms with Crippen molar-refractivity contribution in [2.75, 3.05) is 0 Å². The van der Waals surface area contributed by atoms with Gasteiger partial charge >= 0.3 is 5.82 Å². The van der Waals surface area contributed by atoms with E-state index in [2.05, 4.69) is 15.3 Å². The van der Waals surface area contributed by atoms with Gasteiger partial charge in [-0.15, -0.1) is 12.4 Å². The molecule has 1 amide bonds. The molecule has 1 unspecified atom stereocenters. The van der Waals surface area contributed by atoms with Crippen LogP contribution in [0, 0.1) is 17.0 Å². The fraction of sp³-hybridized carbons (Fsp3) is 0.615. The molecular weight excluding hydrogens is 326 g/mol. The van der Waals surface area contributed by atoms with Crippen molar-refractivity contribution in [1.29, 1.82) is 0 Å². The maximum Gasteiger partial charge on any atom is 0.343 e. The molecule has 0 aliphatic rings. The van der Waals surface area contributed by atoms with Gasteiger partial charge in [-0.1, -0.05) is 6.92 Å². The van der Waals surface area contributed by atoms with Crippen LogP contribution >= 0.6 is 12.4 Å². The van der Waals surface area contributed by atoms with Gasteiger partial charge in [0.15, 0.2) is 11.6 Å². The van der Waals surface area contributed by atoms with Gasteiger partial charge in [0.25, 0.3) is 0 Å². The Hall–Kier alpha value is -2.00. The number of aromatic amines is 1. The van der Waals surface area contributed by atoms with Crippen molar-refractivity contribution >= 4 is 29.9 Å². The van der Waals surface area contributed by atoms with Crippen LogP contribution < -0.4 is 11.1 Å². The van der Waals surface area contributed by atoms with Crippen LogP contribution in [0.25, 0.3) is 0 Å². The molecule has 0 aliphatic heterocycles. The molecular formula is C13H22ClN5O4. The summed E-state index contributed by atoms with van der Waals surface area (Å²) >= 11 is 0. The highest BCUT2D eigenvalue weighted by Gasteiger charge is 2.28. The van der Waals surface area contributed by atoms with Crippen molar-refractivity contribution in [3.8, 4) is 0 Å². The molecule has 9 nitrogen and oxygen atoms in total. The van der Waals surface area contributed by atoms with E-state index in [0.717, 1.165) is 0 Å². The first-order valence-corrected chi connectivity index (χ1v) is 7.04. The zero-order chi connectivity index (χ0) is 16.9. The zero-order valence-electron chi connectivity index (χ0n) is 13.3. The number of imidazole rings is 1. The van der Waals surface area contributed by atoms with Crippen molar-refractivity contribution in [2.24, 2.45) is 5.73 Å². The number of ketones is 1. The molecule has 23 heavy (non-hydrogen) atoms. The maximum absolute atomic E-state index is 12.1. The Morgan fingerprint density at radius 2 is 2.09 bits per heavy atom. The smallest absolute Gasteiger partial charge is 0.343 e. The molecule has 2 atom stereocenters. The van der Waals surface area contributed by atoms with Crippen molar-refractivity contribution in [1.82, 2.24) is 15.3 Å². The third-order valence-corrected chi connectivity index (χ3v) is 3.06. The number of H-pyrrole nitrogens is 1. The number of hydrogen-bond acceptors (Lipinski definition) is 6. The van der Waals surface area contributed by atoms with E-state index in [1.165, 1.54) is 6.92 Å². The first-order valence-electron chi connectivity index (χ1n) is 7.04. The van der Waals surface area contributed by atoms with Crippen molar-refractivity contribution in [3.63, 3.8) is 0 Å². The molecule has 1 aromatic rings. The van der Waals surface area contributed by atoms with E-state index in [1.807, 2.05) is 6.92 Å². The lowest BCUT2D eigenvalue weighted by atomic mass is 10.0. The molecule has 0 saturated heterocycles. The first-order chi connectivity index (χ1) is 10.3. The SMILES string of the molecule is CCCC(=O)NC(Cc1nc(C)[nH]c1[N+](=O)[O-])C(=O)[C@H](C)N.Cl. The normalized spacial score (nSPS) is 12.9. The Bertz CT molecular complexity index is 573. The number of carbonyl (C=O) groups excluding carboxylic acids is 2. The van der Waals surface area contributed by atoms with Crippen LogP contribution in [-0.4, -0.2) is 38.7 Å². The summed E-state index contributed by atoms with van der Waals surface area (Å²) in [5.74, 6) is -0.589. The number of hydrogen-bond donors (Lipinski definition) is 3. The van der Waals surface area contributed by atoms with Gasteiger partial charge < -0.3 is 21.2 Å². The van der Waals surface area contributed by atoms with E-state index < -0.39 is 17.0 Å². The number of amides is 1. The quantitative estimate of drug-likeness (QED) is 0.468. The summed E-state index contributed by atoms with van der Waals surface area (Å²) in [6.45, 7) is 4.92. The summed E-state index contributed by atoms with van der Waals surface area (Å²) in [6, 6.07) is -1.72. The molecule has 130 valence electrons. The van der Waals surface area contributed by atoms with Crippen LogP contribution in [0.5, 0.6) is 0 Å². The molecule has 1 aromatic heterocycles. The molecule has 0 fully saturated rings. The Labute approximate surface area is 140 Å². The van der Waals surface area contributed by atoms with E-state index >= 15 is 0 Å². The standard InChI is InChI=1S/C13H21N5O4.ClH/c1-4-5-11(19)17-9(12(20)7(2)14)6-10-13(18(21)22)16-8(3)15-10;/h7,9H,4-6,14H2,1-3H3,(H,15,16)(H,17,19);1H/t7-,9?;/m0./s1. The molecule has 0 aromatic carbocycles. The third kappa shape index (κ3) is 5.95. The predicted molar refractivity (Wildman–Crippen MR) is 86.4 cm³/mol. The van der Waals surface area contributed by atoms with Crippen LogP contribution in [0.3, 0.4) is 0 Å². The second-order valence-corrected chi connectivity index (χ2v) is 5.14. The van der Waals surface area contributed by atoms with E-state index in [-0.39, 0.29) is 48.5 Å². The number of nitrogens with zero attached hydrogens (tertiary/aromatic N) is 2. The summed E-state index contributed by atoms with van der Waals surface area (Å²) < 4.78 is 0. The second kappa shape index (κ2) is 9.21. The van der Waals surface area contributed by atoms with Crippen molar-refractivity contribution < 1.29 is 14.5 Å². The van der Waals surface area contributed by atoms with E-state index in [9.17, 15) is 19.7 Å². The molecule has 0 aliphatic carbocycles. The highest BCUT2D eigenvalue weighted by atomic mass is 35.5. The Morgan fingerprint density at radius 1 is 1.48 bits per heavy atom. The Kier molecular flexibility index (Phi) is 8.41. The lowest BCUT2D eigenvalue weighted by Crippen LogP contribution is -2.48. The van der Waals surface area contributed by atoms with Gasteiger partial charge in [-0.25, -0.2) is 9.97 Å². The van der Waals surface area contributed by atoms with Crippen LogP contribution in [0.1, 0.15) is 38.2 Å². The lowest BCUT2D eigenvalue weighted by molar-refractivity contribution is -0.390. The van der Waals surface area contributed by atoms with Gasteiger partial charge in [-0.05, 0) is 18.3 Å². The average molecular weight is 348 g/mol. The number of nitro groups is 1. The number of Topliss-reactive ketones (excluding diaryl/α,β-unsaturated/α-hetero) is 1. The number of halogens is 1. The summed E-state index contributed by atoms with van der Waals surface area (Å²) in [6.07, 6.45) is 0.827. The van der Waals surface area contributed by atoms with Gasteiger partial charge in [0.05, 0.1) is 12.1 Å². The van der Waals surface area contributed by atoms with E-state index in [1.54, 1.807) is 6.92 Å². The largest absolute Gasteiger partial charge is 0.358 e. The highest BCUT2D eigenvalue weighted by molar-refractivity contribution is 5.92. The number of aromatic nitrogens is 2. The summed E-state index contributed by atoms with van der Waals surface area (Å²) in [5.41, 5.74) is 5.70. The van der Waals surface area contributed by atoms with E-state index in [4.69, 9.17) is 5.73 Å². The third-order valence-electron chi connectivity index (χ3n) is 3.06. The van der Waals surface area contributed by atoms with Gasteiger partial charge in [0, 0.05) is 19.8 Å². The molecule has 1 rings (SSSR count). The minimum absolute atomic E-state index is 0. The molecule has 1 heterocycles. The van der Waals surface area contributed by atoms with Crippen molar-refractivity contribution in [2.45, 2.75) is 52.1 Å². The molecule has 4 N–H and O–H groups in total. The molecule has 10 heteroatoms. The number of nitrogens with two attached hydrogens (primary N) is 1. The Morgan fingerprint density at radius 3 is 2.57 bits per heavy atom. The summed E-state index contributed by atoms with van der Waals surface area (Å²) in [5, 5.41) is 13.6. The fourth-order valence-corrected chi connectivity index (χ4v) is 2.05. The second-order valence-electron chi connectivity index (χ2n) is 5.14. The van der Waals surface area contributed by atoms with Crippen LogP contribution in [-0.2, 0) is 16.0 Å². The van der Waals surface area contributed by atoms with E-state index in [0.29, 0.717) is 12.2 Å². The van der Waals surface area contributed by atoms with Gasteiger partial charge in [-0.3, -0.25) is 9.59 Å². The van der Waals surface area contributed by atoms with Crippen LogP contribution in [0.4, 0.5) is 5.82 Å². The minimum Gasteiger partial charge on any atom is -0.358 e. The van der Waals surface area contributed by atoms with Crippen LogP contribution in [0.15, 0.2) is 0 Å². The predicted octanol–water partition coefficient (Wildman–Crippen LogP) is 0.792. The Balaban J connectivity index is 0.00000484. The van der Waals surface area contributed by atoms with Crippen molar-refractivity contribution in [3.05, 3.63) is 21.6 Å². The minimum atomic E-state index is -0.930. The van der Waals surface area contributed by atoms with Gasteiger partial charge in [0.1, 0.15) is 5.69 Å². The molecule has 0 bridgehead atoms. The average Bonchev–Trinajstić information content (AvgIpc) is 2.78. The highest BCUT2D eigenvalue weighted by Crippen LogP contribution is 2.17. The number of carbonyl (C=O) groups is 2. The molecule has 0 saturated carbocycles. The maximum atomic E-state index is 12.1. The summed E-state index contributed by atoms with van der Waals surface area (Å²) in [4.78, 5) is 40.8. The molecule has 0 spiro atoms. The molecule has 0 radical (unpaired) electrons. The van der Waals surface area contributed by atoms with Gasteiger partial charge in [-0.2, -0.15) is 0 Å². The number of rotatable bonds is 8. The monoisotopic (exact) mass is 347 g/mol. The zero-order valence-corrected chi connectivity index (χ0v) is 14.1. The van der Waals surface area contributed by atoms with Crippen LogP contribution in [0.2, 0.25) is 0 Å². The topological polar surface area (TPSA) is 144 Å². The van der Waals surface area contributed by atoms with Gasteiger partial charge in [0.2, 0.25) is 5.91 Å². The lowest BCUT2D eigenvalue weighted by Gasteiger charge is -2.18. The number of nitrogens with one attached hydrogen (secondary N) is 2. The fourth-order valence-electron chi connectivity index (χ4n) is 2.05. The number of aryl methyl sites for hydroxylation is 1. The summed E-state index contributed by atoms with van der Waals surface area (Å²) in [7, 11) is 0. The first kappa shape index (κ1) is 21.0.